The lowest BCUT2D eigenvalue weighted by Gasteiger charge is -2.18. The standard InChI is InChI=1S/C18H13ClN4OS/c1-23(13-5-3-12(19)4-6-13)18-21-15(17(24)22-18)8-11-2-7-14-16(9-11)25-10-20-14/h2-10H,1H3,(H,21,22,24)/b15-8-. The van der Waals surface area contributed by atoms with Gasteiger partial charge in [-0.2, -0.15) is 0 Å². The molecule has 4 rings (SSSR count). The maximum Gasteiger partial charge on any atom is 0.276 e. The second kappa shape index (κ2) is 6.31. The van der Waals surface area contributed by atoms with E-state index >= 15 is 0 Å². The second-order valence-electron chi connectivity index (χ2n) is 5.53. The van der Waals surface area contributed by atoms with Gasteiger partial charge in [-0.25, -0.2) is 9.98 Å². The molecule has 1 aliphatic rings. The lowest BCUT2D eigenvalue weighted by Crippen LogP contribution is -2.37. The lowest BCUT2D eigenvalue weighted by molar-refractivity contribution is -0.115. The van der Waals surface area contributed by atoms with Gasteiger partial charge in [0.05, 0.1) is 15.7 Å². The Labute approximate surface area is 153 Å². The highest BCUT2D eigenvalue weighted by molar-refractivity contribution is 7.16. The molecule has 1 amide bonds. The average Bonchev–Trinajstić information content (AvgIpc) is 3.21. The fourth-order valence-electron chi connectivity index (χ4n) is 2.52. The molecule has 25 heavy (non-hydrogen) atoms. The predicted molar refractivity (Wildman–Crippen MR) is 103 cm³/mol. The molecule has 0 saturated carbocycles. The summed E-state index contributed by atoms with van der Waals surface area (Å²) in [6.07, 6.45) is 1.77. The van der Waals surface area contributed by atoms with Crippen LogP contribution in [0.4, 0.5) is 5.69 Å². The third-order valence-corrected chi connectivity index (χ3v) is 4.92. The molecule has 0 bridgehead atoms. The first-order chi connectivity index (χ1) is 12.1. The van der Waals surface area contributed by atoms with Crippen molar-refractivity contribution in [2.45, 2.75) is 0 Å². The predicted octanol–water partition coefficient (Wildman–Crippen LogP) is 3.91. The molecule has 5 nitrogen and oxygen atoms in total. The Kier molecular flexibility index (Phi) is 3.99. The summed E-state index contributed by atoms with van der Waals surface area (Å²) >= 11 is 7.48. The van der Waals surface area contributed by atoms with Crippen LogP contribution in [0.5, 0.6) is 0 Å². The Morgan fingerprint density at radius 2 is 2.00 bits per heavy atom. The van der Waals surface area contributed by atoms with Crippen molar-refractivity contribution in [3.63, 3.8) is 0 Å². The van der Waals surface area contributed by atoms with Crippen molar-refractivity contribution in [1.82, 2.24) is 10.3 Å². The molecule has 0 saturated heterocycles. The number of anilines is 1. The largest absolute Gasteiger partial charge is 0.315 e. The first kappa shape index (κ1) is 15.8. The van der Waals surface area contributed by atoms with E-state index in [0.29, 0.717) is 16.7 Å². The van der Waals surface area contributed by atoms with Gasteiger partial charge in [0.25, 0.3) is 5.91 Å². The van der Waals surface area contributed by atoms with E-state index in [2.05, 4.69) is 15.3 Å². The highest BCUT2D eigenvalue weighted by atomic mass is 35.5. The minimum atomic E-state index is -0.222. The number of hydrogen-bond acceptors (Lipinski definition) is 5. The van der Waals surface area contributed by atoms with E-state index in [9.17, 15) is 4.79 Å². The molecular weight excluding hydrogens is 356 g/mol. The Balaban J connectivity index is 1.63. The van der Waals surface area contributed by atoms with Crippen LogP contribution >= 0.6 is 22.9 Å². The molecule has 0 radical (unpaired) electrons. The fourth-order valence-corrected chi connectivity index (χ4v) is 3.37. The zero-order valence-corrected chi connectivity index (χ0v) is 14.8. The Bertz CT molecular complexity index is 1020. The van der Waals surface area contributed by atoms with Crippen LogP contribution in [0.15, 0.2) is 58.7 Å². The summed E-state index contributed by atoms with van der Waals surface area (Å²) in [6, 6.07) is 13.2. The molecule has 124 valence electrons. The monoisotopic (exact) mass is 368 g/mol. The zero-order chi connectivity index (χ0) is 17.4. The second-order valence-corrected chi connectivity index (χ2v) is 6.86. The van der Waals surface area contributed by atoms with Crippen LogP contribution < -0.4 is 10.2 Å². The van der Waals surface area contributed by atoms with Gasteiger partial charge >= 0.3 is 0 Å². The summed E-state index contributed by atoms with van der Waals surface area (Å²) in [5.74, 6) is 0.262. The normalized spacial score (nSPS) is 15.5. The SMILES string of the molecule is CN(C1=N/C(=C\c2ccc3ncsc3c2)C(=O)N1)c1ccc(Cl)cc1. The van der Waals surface area contributed by atoms with Crippen molar-refractivity contribution in [3.8, 4) is 0 Å². The molecule has 3 aromatic rings. The van der Waals surface area contributed by atoms with Crippen molar-refractivity contribution in [1.29, 1.82) is 0 Å². The number of guanidine groups is 1. The molecule has 0 atom stereocenters. The summed E-state index contributed by atoms with van der Waals surface area (Å²) in [6.45, 7) is 0. The van der Waals surface area contributed by atoms with Crippen LogP contribution in [0, 0.1) is 0 Å². The molecule has 7 heteroatoms. The summed E-state index contributed by atoms with van der Waals surface area (Å²) in [4.78, 5) is 22.7. The number of thiazole rings is 1. The van der Waals surface area contributed by atoms with E-state index in [1.807, 2.05) is 37.4 Å². The van der Waals surface area contributed by atoms with Crippen LogP contribution in [-0.2, 0) is 4.79 Å². The summed E-state index contributed by atoms with van der Waals surface area (Å²) in [5, 5.41) is 3.46. The van der Waals surface area contributed by atoms with Gasteiger partial charge in [0.15, 0.2) is 0 Å². The minimum absolute atomic E-state index is 0.222. The number of nitrogens with zero attached hydrogens (tertiary/aromatic N) is 3. The Hall–Kier alpha value is -2.70. The fraction of sp³-hybridized carbons (Fsp3) is 0.0556. The van der Waals surface area contributed by atoms with Gasteiger partial charge in [-0.05, 0) is 48.0 Å². The molecule has 0 aliphatic carbocycles. The third kappa shape index (κ3) is 3.14. The number of amides is 1. The molecule has 0 unspecified atom stereocenters. The van der Waals surface area contributed by atoms with Crippen LogP contribution in [0.3, 0.4) is 0 Å². The summed E-state index contributed by atoms with van der Waals surface area (Å²) < 4.78 is 1.08. The van der Waals surface area contributed by atoms with Gasteiger partial charge in [0.1, 0.15) is 5.70 Å². The van der Waals surface area contributed by atoms with Gasteiger partial charge in [-0.1, -0.05) is 17.7 Å². The smallest absolute Gasteiger partial charge is 0.276 e. The van der Waals surface area contributed by atoms with E-state index in [0.717, 1.165) is 21.5 Å². The highest BCUT2D eigenvalue weighted by Gasteiger charge is 2.23. The van der Waals surface area contributed by atoms with Gasteiger partial charge in [-0.3, -0.25) is 10.1 Å². The number of fused-ring (bicyclic) bond motifs is 1. The maximum atomic E-state index is 12.2. The van der Waals surface area contributed by atoms with Crippen molar-refractivity contribution in [3.05, 3.63) is 64.3 Å². The number of halogens is 1. The summed E-state index contributed by atoms with van der Waals surface area (Å²) in [5.41, 5.74) is 4.94. The average molecular weight is 369 g/mol. The molecular formula is C18H13ClN4OS. The Morgan fingerprint density at radius 1 is 1.20 bits per heavy atom. The number of carbonyl (C=O) groups is 1. The third-order valence-electron chi connectivity index (χ3n) is 3.87. The van der Waals surface area contributed by atoms with Gasteiger partial charge in [0, 0.05) is 17.8 Å². The van der Waals surface area contributed by atoms with E-state index in [-0.39, 0.29) is 5.91 Å². The van der Waals surface area contributed by atoms with E-state index in [1.165, 1.54) is 0 Å². The Morgan fingerprint density at radius 3 is 2.80 bits per heavy atom. The quantitative estimate of drug-likeness (QED) is 0.697. The van der Waals surface area contributed by atoms with Gasteiger partial charge in [0.2, 0.25) is 5.96 Å². The molecule has 1 aromatic heterocycles. The van der Waals surface area contributed by atoms with Crippen LogP contribution in [0.1, 0.15) is 5.56 Å². The molecule has 2 aromatic carbocycles. The number of aromatic nitrogens is 1. The molecule has 0 fully saturated rings. The first-order valence-corrected chi connectivity index (χ1v) is 8.80. The first-order valence-electron chi connectivity index (χ1n) is 7.54. The summed E-state index contributed by atoms with van der Waals surface area (Å²) in [7, 11) is 1.84. The van der Waals surface area contributed by atoms with Crippen molar-refractivity contribution in [2.24, 2.45) is 4.99 Å². The van der Waals surface area contributed by atoms with Crippen LogP contribution in [-0.4, -0.2) is 23.9 Å². The number of hydrogen-bond donors (Lipinski definition) is 1. The highest BCUT2D eigenvalue weighted by Crippen LogP contribution is 2.23. The lowest BCUT2D eigenvalue weighted by atomic mass is 10.2. The topological polar surface area (TPSA) is 57.6 Å². The van der Waals surface area contributed by atoms with Crippen molar-refractivity contribution < 1.29 is 4.79 Å². The molecule has 0 spiro atoms. The maximum absolute atomic E-state index is 12.2. The van der Waals surface area contributed by atoms with Gasteiger partial charge in [-0.15, -0.1) is 11.3 Å². The number of benzene rings is 2. The van der Waals surface area contributed by atoms with Crippen LogP contribution in [0.25, 0.3) is 16.3 Å². The van der Waals surface area contributed by atoms with Crippen molar-refractivity contribution >= 4 is 56.8 Å². The number of carbonyl (C=O) groups excluding carboxylic acids is 1. The number of nitrogens with one attached hydrogen (secondary N) is 1. The molecule has 1 aliphatic heterocycles. The van der Waals surface area contributed by atoms with E-state index < -0.39 is 0 Å². The number of aliphatic imine (C=N–C) groups is 1. The van der Waals surface area contributed by atoms with E-state index in [1.54, 1.807) is 40.0 Å². The van der Waals surface area contributed by atoms with Gasteiger partial charge < -0.3 is 4.90 Å². The molecule has 2 heterocycles. The molecule has 1 N–H and O–H groups in total. The van der Waals surface area contributed by atoms with Crippen LogP contribution in [0.2, 0.25) is 5.02 Å². The number of rotatable bonds is 2. The minimum Gasteiger partial charge on any atom is -0.315 e. The van der Waals surface area contributed by atoms with Crippen molar-refractivity contribution in [2.75, 3.05) is 11.9 Å². The zero-order valence-electron chi connectivity index (χ0n) is 13.2. The van der Waals surface area contributed by atoms with E-state index in [4.69, 9.17) is 11.6 Å².